The van der Waals surface area contributed by atoms with Crippen LogP contribution in [0, 0.1) is 5.82 Å². The van der Waals surface area contributed by atoms with Gasteiger partial charge in [-0.1, -0.05) is 0 Å². The number of halogens is 3. The average Bonchev–Trinajstić information content (AvgIpc) is 2.88. The molecule has 0 radical (unpaired) electrons. The van der Waals surface area contributed by atoms with Crippen LogP contribution >= 0.6 is 15.2 Å². The summed E-state index contributed by atoms with van der Waals surface area (Å²) in [6.07, 6.45) is -4.44. The van der Waals surface area contributed by atoms with Gasteiger partial charge in [0.05, 0.1) is 18.9 Å². The third-order valence-electron chi connectivity index (χ3n) is 3.54. The van der Waals surface area contributed by atoms with Crippen LogP contribution in [0.5, 0.6) is 0 Å². The predicted octanol–water partition coefficient (Wildman–Crippen LogP) is -0.746. The fourth-order valence-electron chi connectivity index (χ4n) is 2.13. The zero-order valence-corrected chi connectivity index (χ0v) is 14.7. The minimum atomic E-state index is -6.34. The number of rotatable bonds is 6. The van der Waals surface area contributed by atoms with Crippen molar-refractivity contribution in [2.45, 2.75) is 30.3 Å². The van der Waals surface area contributed by atoms with Gasteiger partial charge in [0, 0.05) is 6.42 Å². The molecule has 0 amide bonds. The summed E-state index contributed by atoms with van der Waals surface area (Å²) in [6.45, 7) is -1.21. The van der Waals surface area contributed by atoms with E-state index in [1.807, 2.05) is 0 Å². The van der Waals surface area contributed by atoms with E-state index in [-0.39, 0.29) is 0 Å². The lowest BCUT2D eigenvalue weighted by Crippen LogP contribution is -2.34. The molecular formula is C10H13F3N2O10P2. The molecule has 27 heavy (non-hydrogen) atoms. The summed E-state index contributed by atoms with van der Waals surface area (Å²) < 4.78 is 71.6. The van der Waals surface area contributed by atoms with E-state index in [1.165, 1.54) is 0 Å². The van der Waals surface area contributed by atoms with Crippen molar-refractivity contribution in [2.24, 2.45) is 0 Å². The highest BCUT2D eigenvalue weighted by atomic mass is 31.2. The Bertz CT molecular complexity index is 927. The number of hydrogen-bond donors (Lipinski definition) is 5. The predicted molar refractivity (Wildman–Crippen MR) is 78.6 cm³/mol. The Kier molecular flexibility index (Phi) is 5.91. The number of hydrogen-bond acceptors (Lipinski definition) is 7. The second-order valence-electron chi connectivity index (χ2n) is 5.45. The van der Waals surface area contributed by atoms with Crippen molar-refractivity contribution in [1.82, 2.24) is 9.55 Å². The summed E-state index contributed by atoms with van der Waals surface area (Å²) in [5, 5.41) is 4.40. The lowest BCUT2D eigenvalue weighted by Gasteiger charge is -2.24. The molecule has 1 fully saturated rings. The summed E-state index contributed by atoms with van der Waals surface area (Å²) in [7, 11) is -12.5. The first kappa shape index (κ1) is 22.0. The molecule has 1 unspecified atom stereocenters. The average molecular weight is 440 g/mol. The van der Waals surface area contributed by atoms with Crippen LogP contribution in [0.25, 0.3) is 0 Å². The standard InChI is InChI=1S/C10H13F3N2O10P2/c11-4-2-15(9(18)14-8(4)17)7-1-5(16)6(25-7)3-24-27(22,23)10(12,13)26(19,20)21/h2,5-7,16H,1,3H2,(H,22,23)(H,14,17,18)(H2,19,20,21)/t5-,6+,7+/m0/s1. The van der Waals surface area contributed by atoms with E-state index in [9.17, 15) is 37.0 Å². The molecule has 0 aliphatic carbocycles. The van der Waals surface area contributed by atoms with E-state index in [4.69, 9.17) is 19.4 Å². The number of aromatic amines is 1. The first-order chi connectivity index (χ1) is 12.2. The van der Waals surface area contributed by atoms with E-state index in [1.54, 1.807) is 4.98 Å². The maximum Gasteiger partial charge on any atom is 0.443 e. The van der Waals surface area contributed by atoms with Crippen molar-refractivity contribution in [3.05, 3.63) is 32.9 Å². The number of nitrogens with one attached hydrogen (secondary N) is 1. The minimum Gasteiger partial charge on any atom is -0.390 e. The summed E-state index contributed by atoms with van der Waals surface area (Å²) in [6, 6.07) is 0. The van der Waals surface area contributed by atoms with Crippen LogP contribution in [0.1, 0.15) is 12.6 Å². The van der Waals surface area contributed by atoms with Crippen molar-refractivity contribution in [3.63, 3.8) is 0 Å². The van der Waals surface area contributed by atoms with E-state index >= 15 is 0 Å². The SMILES string of the molecule is O=c1[nH]c(=O)n([C@H]2C[C@H](O)[C@@H](COP(=O)(O)C(F)(F)P(=O)(O)O)O2)cc1F. The highest BCUT2D eigenvalue weighted by Gasteiger charge is 2.65. The summed E-state index contributed by atoms with van der Waals surface area (Å²) >= 11 is 0. The molecule has 0 spiro atoms. The van der Waals surface area contributed by atoms with Gasteiger partial charge in [-0.3, -0.25) is 23.5 Å². The smallest absolute Gasteiger partial charge is 0.390 e. The number of ether oxygens (including phenoxy) is 1. The third-order valence-corrected chi connectivity index (χ3v) is 6.96. The second kappa shape index (κ2) is 7.26. The lowest BCUT2D eigenvalue weighted by molar-refractivity contribution is -0.0459. The van der Waals surface area contributed by atoms with Gasteiger partial charge in [-0.05, 0) is 0 Å². The van der Waals surface area contributed by atoms with Crippen LogP contribution in [-0.4, -0.2) is 53.6 Å². The number of aliphatic hydroxyl groups is 1. The molecule has 2 rings (SSSR count). The molecule has 2 heterocycles. The summed E-state index contributed by atoms with van der Waals surface area (Å²) in [4.78, 5) is 50.3. The Morgan fingerprint density at radius 3 is 2.48 bits per heavy atom. The molecule has 17 heteroatoms. The Balaban J connectivity index is 2.13. The number of alkyl halides is 2. The third kappa shape index (κ3) is 4.25. The fourth-order valence-corrected chi connectivity index (χ4v) is 4.12. The molecule has 154 valence electrons. The van der Waals surface area contributed by atoms with Gasteiger partial charge in [0.15, 0.2) is 0 Å². The molecule has 1 aliphatic heterocycles. The van der Waals surface area contributed by atoms with Gasteiger partial charge in [0.25, 0.3) is 5.56 Å². The maximum atomic E-state index is 13.3. The van der Waals surface area contributed by atoms with Gasteiger partial charge >= 0.3 is 26.3 Å². The zero-order chi connectivity index (χ0) is 20.8. The van der Waals surface area contributed by atoms with Crippen LogP contribution in [0.3, 0.4) is 0 Å². The molecular weight excluding hydrogens is 427 g/mol. The molecule has 1 saturated heterocycles. The zero-order valence-electron chi connectivity index (χ0n) is 12.9. The normalized spacial score (nSPS) is 26.1. The highest BCUT2D eigenvalue weighted by Crippen LogP contribution is 2.73. The molecule has 0 aromatic carbocycles. The van der Waals surface area contributed by atoms with Gasteiger partial charge < -0.3 is 29.0 Å². The monoisotopic (exact) mass is 440 g/mol. The molecule has 1 aromatic rings. The Labute approximate surface area is 146 Å². The van der Waals surface area contributed by atoms with E-state index < -0.39 is 69.1 Å². The molecule has 1 aromatic heterocycles. The van der Waals surface area contributed by atoms with Crippen molar-refractivity contribution in [1.29, 1.82) is 0 Å². The van der Waals surface area contributed by atoms with E-state index in [0.29, 0.717) is 10.8 Å². The number of aliphatic hydroxyl groups excluding tert-OH is 1. The molecule has 12 nitrogen and oxygen atoms in total. The van der Waals surface area contributed by atoms with Gasteiger partial charge in [0.2, 0.25) is 5.82 Å². The summed E-state index contributed by atoms with van der Waals surface area (Å²) in [5.74, 6) is -1.35. The van der Waals surface area contributed by atoms with Crippen molar-refractivity contribution in [3.8, 4) is 0 Å². The Morgan fingerprint density at radius 2 is 1.93 bits per heavy atom. The van der Waals surface area contributed by atoms with E-state index in [0.717, 1.165) is 0 Å². The topological polar surface area (TPSA) is 188 Å². The Hall–Kier alpha value is -1.31. The number of H-pyrrole nitrogens is 1. The lowest BCUT2D eigenvalue weighted by atomic mass is 10.2. The van der Waals surface area contributed by atoms with Gasteiger partial charge in [-0.25, -0.2) is 4.79 Å². The van der Waals surface area contributed by atoms with Gasteiger partial charge in [-0.15, -0.1) is 0 Å². The molecule has 4 atom stereocenters. The van der Waals surface area contributed by atoms with Crippen molar-refractivity contribution in [2.75, 3.05) is 6.61 Å². The quantitative estimate of drug-likeness (QED) is 0.352. The van der Waals surface area contributed by atoms with Gasteiger partial charge in [-0.2, -0.15) is 13.2 Å². The highest BCUT2D eigenvalue weighted by molar-refractivity contribution is 7.72. The fraction of sp³-hybridized carbons (Fsp3) is 0.600. The molecule has 1 aliphatic rings. The number of nitrogens with zero attached hydrogens (tertiary/aromatic N) is 1. The van der Waals surface area contributed by atoms with Crippen molar-refractivity contribution >= 4 is 15.2 Å². The molecule has 5 N–H and O–H groups in total. The molecule has 0 saturated carbocycles. The van der Waals surface area contributed by atoms with Gasteiger partial charge in [0.1, 0.15) is 12.3 Å². The summed E-state index contributed by atoms with van der Waals surface area (Å²) in [5.41, 5.74) is -2.42. The first-order valence-electron chi connectivity index (χ1n) is 6.93. The largest absolute Gasteiger partial charge is 0.443 e. The number of aromatic nitrogens is 2. The second-order valence-corrected chi connectivity index (χ2v) is 9.31. The van der Waals surface area contributed by atoms with Crippen LogP contribution in [0.2, 0.25) is 0 Å². The minimum absolute atomic E-state index is 0.413. The van der Waals surface area contributed by atoms with E-state index in [2.05, 4.69) is 4.52 Å². The van der Waals surface area contributed by atoms with Crippen LogP contribution in [0.15, 0.2) is 15.8 Å². The Morgan fingerprint density at radius 1 is 1.33 bits per heavy atom. The van der Waals surface area contributed by atoms with Crippen LogP contribution in [-0.2, 0) is 18.4 Å². The van der Waals surface area contributed by atoms with Crippen LogP contribution < -0.4 is 11.2 Å². The first-order valence-corrected chi connectivity index (χ1v) is 10.1. The maximum absolute atomic E-state index is 13.3. The van der Waals surface area contributed by atoms with Crippen molar-refractivity contribution < 1.29 is 51.3 Å². The van der Waals surface area contributed by atoms with Crippen LogP contribution in [0.4, 0.5) is 13.2 Å². The molecule has 0 bridgehead atoms.